The van der Waals surface area contributed by atoms with Gasteiger partial charge in [-0.25, -0.2) is 18.2 Å². The van der Waals surface area contributed by atoms with Crippen molar-refractivity contribution in [3.8, 4) is 0 Å². The number of carboxylic acid groups (broad SMARTS) is 1. The predicted octanol–water partition coefficient (Wildman–Crippen LogP) is 0.0310. The molecule has 0 radical (unpaired) electrons. The Balaban J connectivity index is 1.62. The number of nitrogens with two attached hydrogens (primary N) is 2. The van der Waals surface area contributed by atoms with Crippen LogP contribution in [0, 0.1) is 11.8 Å². The number of carbonyl (C=O) groups excluding carboxylic acids is 2. The lowest BCUT2D eigenvalue weighted by Gasteiger charge is -2.33. The molecule has 0 heterocycles. The SMILES string of the molecule is CC1CCC([C@H](NS(=O)(=O)c2ccccc2)C(=O)N[C@H](CNC(=O)CNC(O)c2cccc(N=C(N)N)c2)C(=O)O)CC1. The second-order valence-electron chi connectivity index (χ2n) is 10.6. The first-order chi connectivity index (χ1) is 20.4. The molecule has 10 N–H and O–H groups in total. The number of sulfonamides is 1. The van der Waals surface area contributed by atoms with Crippen molar-refractivity contribution in [3.05, 3.63) is 60.2 Å². The minimum absolute atomic E-state index is 0.0170. The summed E-state index contributed by atoms with van der Waals surface area (Å²) in [6, 6.07) is 11.2. The fourth-order valence-corrected chi connectivity index (χ4v) is 6.06. The van der Waals surface area contributed by atoms with Crippen molar-refractivity contribution in [1.29, 1.82) is 0 Å². The zero-order valence-corrected chi connectivity index (χ0v) is 24.6. The predicted molar refractivity (Wildman–Crippen MR) is 159 cm³/mol. The van der Waals surface area contributed by atoms with Crippen molar-refractivity contribution in [3.63, 3.8) is 0 Å². The van der Waals surface area contributed by atoms with Crippen LogP contribution < -0.4 is 32.1 Å². The average Bonchev–Trinajstić information content (AvgIpc) is 2.97. The third-order valence-electron chi connectivity index (χ3n) is 7.17. The molecule has 3 atom stereocenters. The summed E-state index contributed by atoms with van der Waals surface area (Å²) in [7, 11) is -4.08. The molecule has 0 bridgehead atoms. The molecule has 0 aliphatic heterocycles. The van der Waals surface area contributed by atoms with Crippen LogP contribution in [-0.4, -0.2) is 67.5 Å². The number of guanidine groups is 1. The van der Waals surface area contributed by atoms with E-state index in [1.165, 1.54) is 18.2 Å². The zero-order valence-electron chi connectivity index (χ0n) is 23.8. The summed E-state index contributed by atoms with van der Waals surface area (Å²) < 4.78 is 28.6. The highest BCUT2D eigenvalue weighted by Crippen LogP contribution is 2.31. The third-order valence-corrected chi connectivity index (χ3v) is 8.63. The number of aliphatic hydroxyl groups excluding tert-OH is 1. The number of aliphatic carboxylic acids is 1. The summed E-state index contributed by atoms with van der Waals surface area (Å²) in [4.78, 5) is 41.6. The van der Waals surface area contributed by atoms with E-state index in [-0.39, 0.29) is 23.3 Å². The number of hydrogen-bond acceptors (Lipinski definition) is 8. The molecule has 0 aromatic heterocycles. The van der Waals surface area contributed by atoms with Gasteiger partial charge in [0.1, 0.15) is 18.3 Å². The summed E-state index contributed by atoms with van der Waals surface area (Å²) in [6.07, 6.45) is 1.53. The first-order valence-electron chi connectivity index (χ1n) is 13.8. The van der Waals surface area contributed by atoms with Gasteiger partial charge in [-0.1, -0.05) is 50.1 Å². The van der Waals surface area contributed by atoms with Crippen molar-refractivity contribution in [1.82, 2.24) is 20.7 Å². The van der Waals surface area contributed by atoms with Gasteiger partial charge in [0.2, 0.25) is 21.8 Å². The van der Waals surface area contributed by atoms with Crippen LogP contribution in [0.15, 0.2) is 64.5 Å². The van der Waals surface area contributed by atoms with Gasteiger partial charge in [-0.2, -0.15) is 4.72 Å². The Bertz CT molecular complexity index is 1390. The van der Waals surface area contributed by atoms with Crippen LogP contribution in [0.25, 0.3) is 0 Å². The number of benzene rings is 2. The highest BCUT2D eigenvalue weighted by molar-refractivity contribution is 7.89. The first kappa shape index (κ1) is 33.5. The van der Waals surface area contributed by atoms with Crippen LogP contribution in [0.1, 0.15) is 44.4 Å². The monoisotopic (exact) mass is 617 g/mol. The molecule has 1 aliphatic carbocycles. The molecule has 2 aromatic rings. The van der Waals surface area contributed by atoms with Crippen LogP contribution in [0.4, 0.5) is 5.69 Å². The molecule has 234 valence electrons. The summed E-state index contributed by atoms with van der Waals surface area (Å²) in [6.45, 7) is 1.23. The molecule has 14 nitrogen and oxygen atoms in total. The van der Waals surface area contributed by atoms with Crippen molar-refractivity contribution in [2.75, 3.05) is 13.1 Å². The molecule has 0 spiro atoms. The number of carbonyl (C=O) groups is 3. The molecule has 0 saturated heterocycles. The maximum absolute atomic E-state index is 13.4. The normalized spacial score (nSPS) is 18.9. The first-order valence-corrected chi connectivity index (χ1v) is 15.3. The largest absolute Gasteiger partial charge is 0.480 e. The number of aliphatic imine (C=N–C) groups is 1. The van der Waals surface area contributed by atoms with E-state index >= 15 is 0 Å². The maximum Gasteiger partial charge on any atom is 0.328 e. The number of amides is 2. The van der Waals surface area contributed by atoms with E-state index in [0.717, 1.165) is 12.8 Å². The van der Waals surface area contributed by atoms with Gasteiger partial charge in [0.15, 0.2) is 5.96 Å². The molecule has 2 aromatic carbocycles. The number of nitrogens with zero attached hydrogens (tertiary/aromatic N) is 1. The van der Waals surface area contributed by atoms with Gasteiger partial charge in [-0.15, -0.1) is 0 Å². The third kappa shape index (κ3) is 10.3. The highest BCUT2D eigenvalue weighted by atomic mass is 32.2. The lowest BCUT2D eigenvalue weighted by molar-refractivity contribution is -0.142. The van der Waals surface area contributed by atoms with Crippen molar-refractivity contribution >= 4 is 39.5 Å². The number of hydrogen-bond donors (Lipinski definition) is 8. The minimum Gasteiger partial charge on any atom is -0.480 e. The van der Waals surface area contributed by atoms with E-state index in [9.17, 15) is 33.0 Å². The van der Waals surface area contributed by atoms with Gasteiger partial charge in [-0.05, 0) is 54.5 Å². The van der Waals surface area contributed by atoms with Gasteiger partial charge in [0.05, 0.1) is 17.1 Å². The van der Waals surface area contributed by atoms with Gasteiger partial charge in [0.25, 0.3) is 0 Å². The molecule has 2 amide bonds. The molecule has 43 heavy (non-hydrogen) atoms. The van der Waals surface area contributed by atoms with Gasteiger partial charge in [0, 0.05) is 6.54 Å². The minimum atomic E-state index is -4.08. The standard InChI is InChI=1S/C28H39N7O7S/c1-17-10-12-18(13-11-17)24(35-43(41,42)21-8-3-2-4-9-21)26(38)34-22(27(39)40)15-31-23(36)16-32-25(37)19-6-5-7-20(14-19)33-28(29)30/h2-9,14,17-18,22,24-25,32,35,37H,10-13,15-16H2,1H3,(H,31,36)(H,34,38)(H,39,40)(H4,29,30,33)/t17?,18?,22-,24+,25?/m1/s1. The van der Waals surface area contributed by atoms with Gasteiger partial charge < -0.3 is 32.3 Å². The lowest BCUT2D eigenvalue weighted by Crippen LogP contribution is -2.57. The smallest absolute Gasteiger partial charge is 0.328 e. The molecule has 1 unspecified atom stereocenters. The molecule has 1 saturated carbocycles. The van der Waals surface area contributed by atoms with Crippen molar-refractivity contribution in [2.45, 2.75) is 55.8 Å². The van der Waals surface area contributed by atoms with Crippen LogP contribution in [0.3, 0.4) is 0 Å². The number of aliphatic hydroxyl groups is 1. The molecule has 1 aliphatic rings. The van der Waals surface area contributed by atoms with Gasteiger partial charge >= 0.3 is 5.97 Å². The van der Waals surface area contributed by atoms with E-state index in [1.807, 2.05) is 0 Å². The molecular formula is C28H39N7O7S. The molecule has 15 heteroatoms. The Morgan fingerprint density at radius 2 is 1.70 bits per heavy atom. The number of rotatable bonds is 14. The van der Waals surface area contributed by atoms with Crippen LogP contribution >= 0.6 is 0 Å². The lowest BCUT2D eigenvalue weighted by atomic mass is 9.79. The summed E-state index contributed by atoms with van der Waals surface area (Å²) in [5.41, 5.74) is 11.5. The van der Waals surface area contributed by atoms with E-state index in [1.54, 1.807) is 36.4 Å². The summed E-state index contributed by atoms with van der Waals surface area (Å²) in [5, 5.41) is 27.5. The Morgan fingerprint density at radius 3 is 2.33 bits per heavy atom. The second kappa shape index (κ2) is 15.4. The fourth-order valence-electron chi connectivity index (χ4n) is 4.78. The Kier molecular flexibility index (Phi) is 12.0. The van der Waals surface area contributed by atoms with Crippen LogP contribution in [-0.2, 0) is 24.4 Å². The average molecular weight is 618 g/mol. The van der Waals surface area contributed by atoms with E-state index in [4.69, 9.17) is 11.5 Å². The van der Waals surface area contributed by atoms with E-state index < -0.39 is 52.7 Å². The molecular weight excluding hydrogens is 578 g/mol. The van der Waals surface area contributed by atoms with Crippen molar-refractivity contribution in [2.24, 2.45) is 28.3 Å². The van der Waals surface area contributed by atoms with E-state index in [2.05, 4.69) is 32.6 Å². The van der Waals surface area contributed by atoms with E-state index in [0.29, 0.717) is 30.0 Å². The number of nitrogens with one attached hydrogen (secondary N) is 4. The Labute approximate surface area is 250 Å². The number of carboxylic acids is 1. The van der Waals surface area contributed by atoms with Crippen LogP contribution in [0.5, 0.6) is 0 Å². The summed E-state index contributed by atoms with van der Waals surface area (Å²) in [5.74, 6) is -2.93. The molecule has 3 rings (SSSR count). The van der Waals surface area contributed by atoms with Crippen molar-refractivity contribution < 1.29 is 33.0 Å². The second-order valence-corrected chi connectivity index (χ2v) is 12.3. The zero-order chi connectivity index (χ0) is 31.6. The Hall–Kier alpha value is -4.05. The summed E-state index contributed by atoms with van der Waals surface area (Å²) >= 11 is 0. The highest BCUT2D eigenvalue weighted by Gasteiger charge is 2.36. The maximum atomic E-state index is 13.4. The topological polar surface area (TPSA) is 238 Å². The van der Waals surface area contributed by atoms with Gasteiger partial charge in [-0.3, -0.25) is 14.9 Å². The quantitative estimate of drug-likeness (QED) is 0.0804. The Morgan fingerprint density at radius 1 is 1.02 bits per heavy atom. The van der Waals surface area contributed by atoms with Crippen LogP contribution in [0.2, 0.25) is 0 Å². The fraction of sp³-hybridized carbons (Fsp3) is 0.429. The molecule has 1 fully saturated rings.